The fraction of sp³-hybridized carbons (Fsp3) is 0.300. The van der Waals surface area contributed by atoms with Gasteiger partial charge in [0.2, 0.25) is 0 Å². The van der Waals surface area contributed by atoms with Crippen LogP contribution in [-0.2, 0) is 10.2 Å². The summed E-state index contributed by atoms with van der Waals surface area (Å²) in [7, 11) is 0. The molecule has 0 aliphatic rings. The van der Waals surface area contributed by atoms with Crippen molar-refractivity contribution >= 4 is 29.2 Å². The van der Waals surface area contributed by atoms with E-state index in [4.69, 9.17) is 16.3 Å². The summed E-state index contributed by atoms with van der Waals surface area (Å²) >= 11 is 6.11. The third kappa shape index (κ3) is 4.83. The zero-order chi connectivity index (χ0) is 18.6. The van der Waals surface area contributed by atoms with E-state index >= 15 is 0 Å². The molecular formula is C20H22ClNO3. The molecule has 0 saturated heterocycles. The summed E-state index contributed by atoms with van der Waals surface area (Å²) < 4.78 is 4.93. The Morgan fingerprint density at radius 2 is 1.72 bits per heavy atom. The van der Waals surface area contributed by atoms with E-state index in [1.807, 2.05) is 12.1 Å². The lowest BCUT2D eigenvalue weighted by Gasteiger charge is -2.19. The molecule has 0 saturated carbocycles. The lowest BCUT2D eigenvalue weighted by molar-refractivity contribution is 0.0526. The Morgan fingerprint density at radius 3 is 2.24 bits per heavy atom. The molecule has 0 spiro atoms. The van der Waals surface area contributed by atoms with Crippen molar-refractivity contribution in [2.75, 3.05) is 11.9 Å². The number of esters is 1. The van der Waals surface area contributed by atoms with Crippen LogP contribution < -0.4 is 5.32 Å². The molecule has 25 heavy (non-hydrogen) atoms. The molecule has 1 N–H and O–H groups in total. The van der Waals surface area contributed by atoms with Gasteiger partial charge in [-0.05, 0) is 48.2 Å². The van der Waals surface area contributed by atoms with Crippen LogP contribution in [-0.4, -0.2) is 18.5 Å². The molecule has 2 rings (SSSR count). The van der Waals surface area contributed by atoms with E-state index in [0.717, 1.165) is 5.56 Å². The second-order valence-electron chi connectivity index (χ2n) is 6.70. The number of carbonyl (C=O) groups excluding carboxylic acids is 2. The average Bonchev–Trinajstić information content (AvgIpc) is 2.54. The van der Waals surface area contributed by atoms with E-state index in [1.54, 1.807) is 31.2 Å². The van der Waals surface area contributed by atoms with Crippen LogP contribution in [0.25, 0.3) is 0 Å². The summed E-state index contributed by atoms with van der Waals surface area (Å²) in [5, 5.41) is 3.02. The molecule has 0 unspecified atom stereocenters. The van der Waals surface area contributed by atoms with Crippen LogP contribution in [0, 0.1) is 0 Å². The molecule has 0 aliphatic heterocycles. The van der Waals surface area contributed by atoms with Gasteiger partial charge in [-0.15, -0.1) is 0 Å². The summed E-state index contributed by atoms with van der Waals surface area (Å²) in [6, 6.07) is 12.2. The van der Waals surface area contributed by atoms with Gasteiger partial charge in [0.1, 0.15) is 0 Å². The highest BCUT2D eigenvalue weighted by molar-refractivity contribution is 6.34. The van der Waals surface area contributed by atoms with Crippen molar-refractivity contribution in [1.82, 2.24) is 0 Å². The molecule has 0 aliphatic carbocycles. The maximum atomic E-state index is 12.4. The molecule has 2 aromatic carbocycles. The number of anilines is 1. The van der Waals surface area contributed by atoms with Crippen molar-refractivity contribution in [1.29, 1.82) is 0 Å². The van der Waals surface area contributed by atoms with Crippen LogP contribution in [0.1, 0.15) is 54.0 Å². The molecule has 5 heteroatoms. The smallest absolute Gasteiger partial charge is 0.339 e. The number of rotatable bonds is 4. The van der Waals surface area contributed by atoms with Crippen LogP contribution in [0.4, 0.5) is 5.69 Å². The van der Waals surface area contributed by atoms with Gasteiger partial charge in [-0.25, -0.2) is 4.79 Å². The number of carbonyl (C=O) groups is 2. The fourth-order valence-electron chi connectivity index (χ4n) is 2.29. The topological polar surface area (TPSA) is 55.4 Å². The van der Waals surface area contributed by atoms with Crippen molar-refractivity contribution in [3.8, 4) is 0 Å². The molecule has 0 bridgehead atoms. The summed E-state index contributed by atoms with van der Waals surface area (Å²) in [6.07, 6.45) is 0. The minimum Gasteiger partial charge on any atom is -0.462 e. The highest BCUT2D eigenvalue weighted by Crippen LogP contribution is 2.24. The van der Waals surface area contributed by atoms with Crippen LogP contribution >= 0.6 is 11.6 Å². The van der Waals surface area contributed by atoms with Crippen LogP contribution in [0.3, 0.4) is 0 Å². The standard InChI is InChI=1S/C20H22ClNO3/c1-5-25-19(24)16-11-10-15(12-17(16)21)22-18(23)13-6-8-14(9-7-13)20(2,3)4/h6-12H,5H2,1-4H3,(H,22,23). The first-order chi connectivity index (χ1) is 11.7. The largest absolute Gasteiger partial charge is 0.462 e. The highest BCUT2D eigenvalue weighted by atomic mass is 35.5. The molecule has 0 radical (unpaired) electrons. The first kappa shape index (κ1) is 19.0. The van der Waals surface area contributed by atoms with Crippen LogP contribution in [0.15, 0.2) is 42.5 Å². The second-order valence-corrected chi connectivity index (χ2v) is 7.10. The molecular weight excluding hydrogens is 338 g/mol. The summed E-state index contributed by atoms with van der Waals surface area (Å²) in [5.74, 6) is -0.719. The predicted octanol–water partition coefficient (Wildman–Crippen LogP) is 5.07. The number of hydrogen-bond donors (Lipinski definition) is 1. The first-order valence-corrected chi connectivity index (χ1v) is 8.48. The molecule has 4 nitrogen and oxygen atoms in total. The lowest BCUT2D eigenvalue weighted by atomic mass is 9.87. The Hall–Kier alpha value is -2.33. The maximum Gasteiger partial charge on any atom is 0.339 e. The predicted molar refractivity (Wildman–Crippen MR) is 101 cm³/mol. The number of halogens is 1. The molecule has 2 aromatic rings. The van der Waals surface area contributed by atoms with E-state index in [1.165, 1.54) is 6.07 Å². The summed E-state index contributed by atoms with van der Waals surface area (Å²) in [6.45, 7) is 8.36. The van der Waals surface area contributed by atoms with E-state index in [9.17, 15) is 9.59 Å². The Morgan fingerprint density at radius 1 is 1.08 bits per heavy atom. The number of amides is 1. The van der Waals surface area contributed by atoms with Gasteiger partial charge in [-0.3, -0.25) is 4.79 Å². The van der Waals surface area contributed by atoms with Crippen molar-refractivity contribution in [2.24, 2.45) is 0 Å². The monoisotopic (exact) mass is 359 g/mol. The van der Waals surface area contributed by atoms with Gasteiger partial charge in [0, 0.05) is 11.3 Å². The lowest BCUT2D eigenvalue weighted by Crippen LogP contribution is -2.14. The van der Waals surface area contributed by atoms with Crippen LogP contribution in [0.5, 0.6) is 0 Å². The molecule has 132 valence electrons. The number of ether oxygens (including phenoxy) is 1. The van der Waals surface area contributed by atoms with E-state index in [2.05, 4.69) is 26.1 Å². The highest BCUT2D eigenvalue weighted by Gasteiger charge is 2.15. The number of benzene rings is 2. The molecule has 0 atom stereocenters. The number of nitrogens with one attached hydrogen (secondary N) is 1. The van der Waals surface area contributed by atoms with E-state index in [0.29, 0.717) is 11.3 Å². The maximum absolute atomic E-state index is 12.4. The van der Waals surface area contributed by atoms with Crippen molar-refractivity contribution in [3.63, 3.8) is 0 Å². The number of hydrogen-bond acceptors (Lipinski definition) is 3. The Bertz CT molecular complexity index is 777. The van der Waals surface area contributed by atoms with Gasteiger partial charge in [-0.1, -0.05) is 44.5 Å². The van der Waals surface area contributed by atoms with Crippen molar-refractivity contribution in [3.05, 3.63) is 64.2 Å². The minimum absolute atomic E-state index is 0.0332. The fourth-order valence-corrected chi connectivity index (χ4v) is 2.55. The zero-order valence-electron chi connectivity index (χ0n) is 14.9. The Labute approximate surface area is 153 Å². The first-order valence-electron chi connectivity index (χ1n) is 8.11. The van der Waals surface area contributed by atoms with Gasteiger partial charge in [0.15, 0.2) is 0 Å². The summed E-state index contributed by atoms with van der Waals surface area (Å²) in [4.78, 5) is 24.1. The Balaban J connectivity index is 2.13. The van der Waals surface area contributed by atoms with Crippen molar-refractivity contribution in [2.45, 2.75) is 33.1 Å². The third-order valence-corrected chi connectivity index (χ3v) is 4.05. The van der Waals surface area contributed by atoms with Gasteiger partial charge in [0.25, 0.3) is 5.91 Å². The molecule has 0 aromatic heterocycles. The van der Waals surface area contributed by atoms with Gasteiger partial charge in [0.05, 0.1) is 17.2 Å². The van der Waals surface area contributed by atoms with Gasteiger partial charge >= 0.3 is 5.97 Å². The molecule has 1 amide bonds. The van der Waals surface area contributed by atoms with Gasteiger partial charge < -0.3 is 10.1 Å². The molecule has 0 heterocycles. The quantitative estimate of drug-likeness (QED) is 0.775. The minimum atomic E-state index is -0.483. The zero-order valence-corrected chi connectivity index (χ0v) is 15.6. The average molecular weight is 360 g/mol. The van der Waals surface area contributed by atoms with Gasteiger partial charge in [-0.2, -0.15) is 0 Å². The van der Waals surface area contributed by atoms with E-state index in [-0.39, 0.29) is 28.5 Å². The molecule has 0 fully saturated rings. The Kier molecular flexibility index (Phi) is 5.85. The third-order valence-electron chi connectivity index (χ3n) is 3.74. The summed E-state index contributed by atoms with van der Waals surface area (Å²) in [5.41, 5.74) is 2.54. The van der Waals surface area contributed by atoms with Crippen molar-refractivity contribution < 1.29 is 14.3 Å². The second kappa shape index (κ2) is 7.70. The SMILES string of the molecule is CCOC(=O)c1ccc(NC(=O)c2ccc(C(C)(C)C)cc2)cc1Cl. The van der Waals surface area contributed by atoms with E-state index < -0.39 is 5.97 Å². The normalized spacial score (nSPS) is 11.1. The van der Waals surface area contributed by atoms with Crippen LogP contribution in [0.2, 0.25) is 5.02 Å².